The van der Waals surface area contributed by atoms with E-state index in [2.05, 4.69) is 10.6 Å². The van der Waals surface area contributed by atoms with Gasteiger partial charge >= 0.3 is 0 Å². The van der Waals surface area contributed by atoms with Gasteiger partial charge in [0, 0.05) is 61.3 Å². The molecule has 2 heterocycles. The lowest BCUT2D eigenvalue weighted by molar-refractivity contribution is -0.144. The first kappa shape index (κ1) is 38.6. The van der Waals surface area contributed by atoms with Gasteiger partial charge in [-0.1, -0.05) is 51.1 Å². The molecule has 0 fully saturated rings. The van der Waals surface area contributed by atoms with Crippen LogP contribution in [-0.4, -0.2) is 87.3 Å². The third kappa shape index (κ3) is 9.52. The number of aliphatic hydroxyl groups is 1. The molecule has 2 aromatic carbocycles. The van der Waals surface area contributed by atoms with Crippen molar-refractivity contribution < 1.29 is 37.9 Å². The summed E-state index contributed by atoms with van der Waals surface area (Å²) in [5.41, 5.74) is 7.55. The molecule has 12 nitrogen and oxygen atoms in total. The van der Waals surface area contributed by atoms with Crippen molar-refractivity contribution in [2.45, 2.75) is 58.8 Å². The predicted molar refractivity (Wildman–Crippen MR) is 185 cm³/mol. The van der Waals surface area contributed by atoms with E-state index in [1.54, 1.807) is 12.3 Å². The van der Waals surface area contributed by atoms with E-state index in [0.717, 1.165) is 40.8 Å². The third-order valence-corrected chi connectivity index (χ3v) is 8.58. The Morgan fingerprint density at radius 3 is 2.18 bits per heavy atom. The summed E-state index contributed by atoms with van der Waals surface area (Å²) in [5.74, 6) is -4.14. The van der Waals surface area contributed by atoms with Gasteiger partial charge < -0.3 is 30.9 Å². The third-order valence-electron chi connectivity index (χ3n) is 8.58. The van der Waals surface area contributed by atoms with Gasteiger partial charge in [-0.05, 0) is 48.6 Å². The molecule has 0 bridgehead atoms. The molecule has 3 aromatic rings. The first-order valence-electron chi connectivity index (χ1n) is 16.6. The molecular formula is C37H44F2N6O6. The molecule has 5 amide bonds. The second-order valence-electron chi connectivity index (χ2n) is 13.4. The largest absolute Gasteiger partial charge is 0.387 e. The van der Waals surface area contributed by atoms with E-state index >= 15 is 0 Å². The monoisotopic (exact) mass is 706 g/mol. The highest BCUT2D eigenvalue weighted by atomic mass is 19.1. The lowest BCUT2D eigenvalue weighted by Crippen LogP contribution is -2.50. The Morgan fingerprint density at radius 1 is 0.941 bits per heavy atom. The van der Waals surface area contributed by atoms with Gasteiger partial charge in [-0.2, -0.15) is 0 Å². The number of imide groups is 1. The topological polar surface area (TPSA) is 167 Å². The summed E-state index contributed by atoms with van der Waals surface area (Å²) in [6.45, 7) is 6.64. The Hall–Kier alpha value is -5.21. The molecule has 4 rings (SSSR count). The molecule has 0 radical (unpaired) electrons. The molecule has 14 heteroatoms. The van der Waals surface area contributed by atoms with E-state index in [-0.39, 0.29) is 31.6 Å². The van der Waals surface area contributed by atoms with Gasteiger partial charge in [0.05, 0.1) is 12.1 Å². The minimum Gasteiger partial charge on any atom is -0.387 e. The van der Waals surface area contributed by atoms with Gasteiger partial charge in [0.15, 0.2) is 0 Å². The van der Waals surface area contributed by atoms with Gasteiger partial charge in [-0.3, -0.25) is 28.9 Å². The van der Waals surface area contributed by atoms with Crippen molar-refractivity contribution >= 4 is 29.5 Å². The lowest BCUT2D eigenvalue weighted by Gasteiger charge is -2.41. The normalized spacial score (nSPS) is 14.7. The number of carbonyl (C=O) groups is 5. The minimum atomic E-state index is -1.08. The molecule has 0 spiro atoms. The van der Waals surface area contributed by atoms with Crippen molar-refractivity contribution in [2.75, 3.05) is 26.2 Å². The minimum absolute atomic E-state index is 0.000844. The van der Waals surface area contributed by atoms with Gasteiger partial charge in [-0.15, -0.1) is 0 Å². The summed E-state index contributed by atoms with van der Waals surface area (Å²) >= 11 is 0. The Bertz CT molecular complexity index is 1770. The molecule has 1 aromatic heterocycles. The summed E-state index contributed by atoms with van der Waals surface area (Å²) in [5, 5.41) is 15.2. The SMILES string of the molecule is C[C@H](C(=O)NCCNC(=O)C(N)CCN(C(=O)CO)C(c1cc(-c2cc(F)ccc2F)cn1Cc1ccccc1)C(C)(C)C)N1C(=O)C=CC1=O. The number of hydrogen-bond acceptors (Lipinski definition) is 7. The number of hydrogen-bond donors (Lipinski definition) is 4. The van der Waals surface area contributed by atoms with Crippen LogP contribution in [0.4, 0.5) is 8.78 Å². The van der Waals surface area contributed by atoms with Gasteiger partial charge in [0.2, 0.25) is 17.7 Å². The van der Waals surface area contributed by atoms with Crippen molar-refractivity contribution in [3.8, 4) is 11.1 Å². The summed E-state index contributed by atoms with van der Waals surface area (Å²) in [7, 11) is 0. The maximum Gasteiger partial charge on any atom is 0.254 e. The van der Waals surface area contributed by atoms with Gasteiger partial charge in [-0.25, -0.2) is 8.78 Å². The molecule has 0 saturated carbocycles. The van der Waals surface area contributed by atoms with E-state index in [1.165, 1.54) is 11.8 Å². The van der Waals surface area contributed by atoms with Crippen LogP contribution in [0.3, 0.4) is 0 Å². The predicted octanol–water partition coefficient (Wildman–Crippen LogP) is 2.65. The van der Waals surface area contributed by atoms with Crippen LogP contribution in [0.5, 0.6) is 0 Å². The maximum absolute atomic E-state index is 15.0. The quantitative estimate of drug-likeness (QED) is 0.139. The Balaban J connectivity index is 1.50. The number of amides is 5. The number of aromatic nitrogens is 1. The van der Waals surface area contributed by atoms with Crippen molar-refractivity contribution in [1.82, 2.24) is 25.0 Å². The molecule has 3 atom stereocenters. The number of carbonyl (C=O) groups excluding carboxylic acids is 5. The first-order chi connectivity index (χ1) is 24.1. The van der Waals surface area contributed by atoms with Crippen LogP contribution >= 0.6 is 0 Å². The van der Waals surface area contributed by atoms with Crippen LogP contribution in [0, 0.1) is 17.0 Å². The van der Waals surface area contributed by atoms with E-state index in [1.807, 2.05) is 55.7 Å². The summed E-state index contributed by atoms with van der Waals surface area (Å²) in [4.78, 5) is 64.7. The number of halogens is 2. The first-order valence-corrected chi connectivity index (χ1v) is 16.6. The van der Waals surface area contributed by atoms with Crippen LogP contribution in [-0.2, 0) is 30.5 Å². The number of nitrogens with zero attached hydrogens (tertiary/aromatic N) is 3. The fourth-order valence-corrected chi connectivity index (χ4v) is 6.07. The number of nitrogens with two attached hydrogens (primary N) is 1. The van der Waals surface area contributed by atoms with E-state index in [0.29, 0.717) is 17.8 Å². The zero-order valence-electron chi connectivity index (χ0n) is 29.1. The summed E-state index contributed by atoms with van der Waals surface area (Å²) < 4.78 is 31.1. The summed E-state index contributed by atoms with van der Waals surface area (Å²) in [6, 6.07) is 11.6. The second kappa shape index (κ2) is 16.7. The standard InChI is InChI=1S/C37H44F2N6O6/c1-23(45-31(47)12-13-32(45)48)35(50)41-15-16-42-36(51)29(40)14-17-44(33(49)22-46)34(37(2,3)4)30-18-25(27-19-26(38)10-11-28(27)39)21-43(30)20-24-8-6-5-7-9-24/h5-13,18-19,21,23,29,34,46H,14-17,20,22,40H2,1-4H3,(H,41,50)(H,42,51)/t23-,29?,34?/m1/s1. The van der Waals surface area contributed by atoms with Crippen LogP contribution < -0.4 is 16.4 Å². The van der Waals surface area contributed by atoms with Crippen molar-refractivity contribution in [3.63, 3.8) is 0 Å². The zero-order chi connectivity index (χ0) is 37.5. The smallest absolute Gasteiger partial charge is 0.254 e. The molecule has 2 unspecified atom stereocenters. The second-order valence-corrected chi connectivity index (χ2v) is 13.4. The van der Waals surface area contributed by atoms with Crippen LogP contribution in [0.2, 0.25) is 0 Å². The maximum atomic E-state index is 15.0. The molecular weight excluding hydrogens is 662 g/mol. The average Bonchev–Trinajstić information content (AvgIpc) is 3.65. The molecule has 0 saturated heterocycles. The molecule has 272 valence electrons. The number of rotatable bonds is 15. The van der Waals surface area contributed by atoms with Crippen molar-refractivity contribution in [1.29, 1.82) is 0 Å². The Kier molecular flexibility index (Phi) is 12.6. The van der Waals surface area contributed by atoms with E-state index in [4.69, 9.17) is 5.73 Å². The Morgan fingerprint density at radius 2 is 1.57 bits per heavy atom. The molecule has 0 aliphatic carbocycles. The highest BCUT2D eigenvalue weighted by Gasteiger charge is 2.37. The zero-order valence-corrected chi connectivity index (χ0v) is 29.1. The van der Waals surface area contributed by atoms with Crippen molar-refractivity contribution in [3.05, 3.63) is 95.8 Å². The van der Waals surface area contributed by atoms with E-state index in [9.17, 15) is 37.9 Å². The number of nitrogens with one attached hydrogen (secondary N) is 2. The van der Waals surface area contributed by atoms with Gasteiger partial charge in [0.25, 0.3) is 11.8 Å². The number of benzene rings is 2. The van der Waals surface area contributed by atoms with Crippen LogP contribution in [0.25, 0.3) is 11.1 Å². The fraction of sp³-hybridized carbons (Fsp3) is 0.378. The van der Waals surface area contributed by atoms with Crippen molar-refractivity contribution in [2.24, 2.45) is 11.1 Å². The molecule has 5 N–H and O–H groups in total. The Labute approximate surface area is 295 Å². The highest BCUT2D eigenvalue weighted by molar-refractivity contribution is 6.15. The number of aliphatic hydroxyl groups excluding tert-OH is 1. The fourth-order valence-electron chi connectivity index (χ4n) is 6.07. The highest BCUT2D eigenvalue weighted by Crippen LogP contribution is 2.41. The molecule has 51 heavy (non-hydrogen) atoms. The summed E-state index contributed by atoms with van der Waals surface area (Å²) in [6.07, 6.45) is 3.88. The van der Waals surface area contributed by atoms with Gasteiger partial charge in [0.1, 0.15) is 24.3 Å². The van der Waals surface area contributed by atoms with E-state index < -0.39 is 71.3 Å². The average molecular weight is 707 g/mol. The lowest BCUT2D eigenvalue weighted by atomic mass is 9.82. The molecule has 1 aliphatic rings. The van der Waals surface area contributed by atoms with Crippen LogP contribution in [0.1, 0.15) is 51.4 Å². The molecule has 1 aliphatic heterocycles. The van der Waals surface area contributed by atoms with Crippen LogP contribution in [0.15, 0.2) is 72.9 Å².